The molecule has 9 heteroatoms. The van der Waals surface area contributed by atoms with E-state index in [4.69, 9.17) is 4.52 Å². The number of nitrogens with zero attached hydrogens (tertiary/aromatic N) is 3. The summed E-state index contributed by atoms with van der Waals surface area (Å²) in [5, 5.41) is 15.4. The summed E-state index contributed by atoms with van der Waals surface area (Å²) >= 11 is 1.48. The monoisotopic (exact) mass is 314 g/mol. The molecule has 0 bridgehead atoms. The maximum absolute atomic E-state index is 12.3. The zero-order valence-corrected chi connectivity index (χ0v) is 12.9. The molecule has 1 aromatic rings. The third-order valence-electron chi connectivity index (χ3n) is 3.09. The molecular formula is C12H18N4O4S. The molecule has 2 rings (SSSR count). The Hall–Kier alpha value is -1.77. The fraction of sp³-hybridized carbons (Fsp3) is 0.667. The molecule has 1 saturated heterocycles. The minimum absolute atomic E-state index is 0.106. The Bertz CT molecular complexity index is 533. The third-order valence-corrected chi connectivity index (χ3v) is 4.71. The highest BCUT2D eigenvalue weighted by atomic mass is 32.2. The summed E-state index contributed by atoms with van der Waals surface area (Å²) in [6.45, 7) is 5.69. The Morgan fingerprint density at radius 2 is 2.29 bits per heavy atom. The second kappa shape index (κ2) is 6.33. The maximum atomic E-state index is 12.3. The molecule has 116 valence electrons. The van der Waals surface area contributed by atoms with Gasteiger partial charge in [0.05, 0.1) is 11.9 Å². The van der Waals surface area contributed by atoms with Crippen LogP contribution in [0.2, 0.25) is 0 Å². The average molecular weight is 314 g/mol. The maximum Gasteiger partial charge on any atom is 0.327 e. The number of aryl methyl sites for hydroxylation is 1. The molecule has 2 heterocycles. The molecule has 1 aromatic heterocycles. The van der Waals surface area contributed by atoms with E-state index in [9.17, 15) is 14.7 Å². The standard InChI is InChI=1S/C12H18N4O4S/c1-6(2)10-16(8(5-21-10)11(17)18)12(19)13-4-9-14-7(3)20-15-9/h6,8,10H,4-5H2,1-3H3,(H,13,19)(H,17,18). The van der Waals surface area contributed by atoms with Gasteiger partial charge in [-0.05, 0) is 5.92 Å². The Morgan fingerprint density at radius 3 is 2.81 bits per heavy atom. The van der Waals surface area contributed by atoms with Gasteiger partial charge in [-0.25, -0.2) is 9.59 Å². The summed E-state index contributed by atoms with van der Waals surface area (Å²) in [6.07, 6.45) is 0. The van der Waals surface area contributed by atoms with Crippen molar-refractivity contribution >= 4 is 23.8 Å². The number of amides is 2. The number of aliphatic carboxylic acids is 1. The third kappa shape index (κ3) is 3.46. The number of rotatable bonds is 4. The average Bonchev–Trinajstić information content (AvgIpc) is 3.01. The summed E-state index contributed by atoms with van der Waals surface area (Å²) in [5.41, 5.74) is 0. The van der Waals surface area contributed by atoms with Crippen LogP contribution in [0.4, 0.5) is 4.79 Å². The predicted molar refractivity (Wildman–Crippen MR) is 75.6 cm³/mol. The van der Waals surface area contributed by atoms with Gasteiger partial charge in [-0.1, -0.05) is 19.0 Å². The van der Waals surface area contributed by atoms with Crippen LogP contribution in [0.25, 0.3) is 0 Å². The van der Waals surface area contributed by atoms with Crippen LogP contribution in [-0.4, -0.2) is 49.3 Å². The molecule has 0 radical (unpaired) electrons. The number of urea groups is 1. The highest BCUT2D eigenvalue weighted by Gasteiger charge is 2.42. The smallest absolute Gasteiger partial charge is 0.327 e. The summed E-state index contributed by atoms with van der Waals surface area (Å²) in [5.74, 6) is 0.348. The van der Waals surface area contributed by atoms with Gasteiger partial charge in [-0.15, -0.1) is 11.8 Å². The lowest BCUT2D eigenvalue weighted by molar-refractivity contribution is -0.141. The number of carbonyl (C=O) groups excluding carboxylic acids is 1. The number of hydrogen-bond acceptors (Lipinski definition) is 6. The van der Waals surface area contributed by atoms with Gasteiger partial charge in [0.1, 0.15) is 6.04 Å². The van der Waals surface area contributed by atoms with Crippen molar-refractivity contribution in [2.24, 2.45) is 5.92 Å². The van der Waals surface area contributed by atoms with Crippen LogP contribution in [-0.2, 0) is 11.3 Å². The zero-order valence-electron chi connectivity index (χ0n) is 12.1. The lowest BCUT2D eigenvalue weighted by Crippen LogP contribution is -2.51. The van der Waals surface area contributed by atoms with Gasteiger partial charge in [-0.3, -0.25) is 4.90 Å². The van der Waals surface area contributed by atoms with Crippen LogP contribution in [0.1, 0.15) is 25.6 Å². The van der Waals surface area contributed by atoms with E-state index in [0.717, 1.165) is 0 Å². The molecule has 2 N–H and O–H groups in total. The molecule has 1 aliphatic rings. The van der Waals surface area contributed by atoms with Crippen LogP contribution >= 0.6 is 11.8 Å². The van der Waals surface area contributed by atoms with Crippen LogP contribution < -0.4 is 5.32 Å². The van der Waals surface area contributed by atoms with Gasteiger partial charge in [0, 0.05) is 12.7 Å². The minimum Gasteiger partial charge on any atom is -0.480 e. The van der Waals surface area contributed by atoms with E-state index in [-0.39, 0.29) is 17.8 Å². The van der Waals surface area contributed by atoms with Crippen molar-refractivity contribution in [2.45, 2.75) is 38.7 Å². The first-order valence-electron chi connectivity index (χ1n) is 6.60. The topological polar surface area (TPSA) is 109 Å². The molecule has 0 saturated carbocycles. The first-order valence-corrected chi connectivity index (χ1v) is 7.64. The van der Waals surface area contributed by atoms with Crippen molar-refractivity contribution in [2.75, 3.05) is 5.75 Å². The van der Waals surface area contributed by atoms with Gasteiger partial charge < -0.3 is 14.9 Å². The van der Waals surface area contributed by atoms with Crippen LogP contribution in [0, 0.1) is 12.8 Å². The van der Waals surface area contributed by atoms with Crippen molar-refractivity contribution in [1.29, 1.82) is 0 Å². The number of carboxylic acid groups (broad SMARTS) is 1. The number of carbonyl (C=O) groups is 2. The van der Waals surface area contributed by atoms with E-state index in [1.54, 1.807) is 6.92 Å². The Kier molecular flexibility index (Phi) is 4.71. The van der Waals surface area contributed by atoms with E-state index in [1.807, 2.05) is 13.8 Å². The minimum atomic E-state index is -0.990. The molecule has 2 amide bonds. The highest BCUT2D eigenvalue weighted by molar-refractivity contribution is 8.00. The Morgan fingerprint density at radius 1 is 1.57 bits per heavy atom. The van der Waals surface area contributed by atoms with Gasteiger partial charge in [0.15, 0.2) is 5.82 Å². The number of aromatic nitrogens is 2. The molecule has 0 aromatic carbocycles. The number of hydrogen-bond donors (Lipinski definition) is 2. The molecule has 1 aliphatic heterocycles. The lowest BCUT2D eigenvalue weighted by atomic mass is 10.2. The number of carboxylic acids is 1. The largest absolute Gasteiger partial charge is 0.480 e. The molecule has 2 unspecified atom stereocenters. The van der Waals surface area contributed by atoms with Crippen molar-refractivity contribution in [1.82, 2.24) is 20.4 Å². The Labute approximate surface area is 126 Å². The fourth-order valence-corrected chi connectivity index (χ4v) is 3.62. The lowest BCUT2D eigenvalue weighted by Gasteiger charge is -2.29. The second-order valence-electron chi connectivity index (χ2n) is 5.12. The molecule has 0 aliphatic carbocycles. The van der Waals surface area contributed by atoms with Crippen molar-refractivity contribution < 1.29 is 19.2 Å². The van der Waals surface area contributed by atoms with Gasteiger partial charge in [0.25, 0.3) is 0 Å². The fourth-order valence-electron chi connectivity index (χ4n) is 2.15. The molecular weight excluding hydrogens is 296 g/mol. The van der Waals surface area contributed by atoms with Crippen LogP contribution in [0.5, 0.6) is 0 Å². The van der Waals surface area contributed by atoms with E-state index >= 15 is 0 Å². The van der Waals surface area contributed by atoms with Gasteiger partial charge in [-0.2, -0.15) is 4.98 Å². The highest BCUT2D eigenvalue weighted by Crippen LogP contribution is 2.34. The quantitative estimate of drug-likeness (QED) is 0.855. The zero-order chi connectivity index (χ0) is 15.6. The SMILES string of the molecule is Cc1nc(CNC(=O)N2C(C(=O)O)CSC2C(C)C)no1. The van der Waals surface area contributed by atoms with E-state index in [2.05, 4.69) is 15.5 Å². The van der Waals surface area contributed by atoms with E-state index < -0.39 is 18.0 Å². The van der Waals surface area contributed by atoms with Gasteiger partial charge >= 0.3 is 12.0 Å². The molecule has 21 heavy (non-hydrogen) atoms. The summed E-state index contributed by atoms with van der Waals surface area (Å²) in [6, 6.07) is -1.23. The summed E-state index contributed by atoms with van der Waals surface area (Å²) < 4.78 is 4.82. The van der Waals surface area contributed by atoms with Crippen LogP contribution in [0.15, 0.2) is 4.52 Å². The normalized spacial score (nSPS) is 21.8. The van der Waals surface area contributed by atoms with Crippen molar-refractivity contribution in [3.05, 3.63) is 11.7 Å². The second-order valence-corrected chi connectivity index (χ2v) is 6.27. The van der Waals surface area contributed by atoms with Crippen molar-refractivity contribution in [3.63, 3.8) is 0 Å². The van der Waals surface area contributed by atoms with Gasteiger partial charge in [0.2, 0.25) is 5.89 Å². The molecule has 8 nitrogen and oxygen atoms in total. The first-order chi connectivity index (χ1) is 9.90. The van der Waals surface area contributed by atoms with E-state index in [1.165, 1.54) is 16.7 Å². The van der Waals surface area contributed by atoms with E-state index in [0.29, 0.717) is 17.5 Å². The first kappa shape index (κ1) is 15.6. The predicted octanol–water partition coefficient (Wildman–Crippen LogP) is 1.07. The molecule has 0 spiro atoms. The summed E-state index contributed by atoms with van der Waals surface area (Å²) in [4.78, 5) is 29.0. The summed E-state index contributed by atoms with van der Waals surface area (Å²) in [7, 11) is 0. The molecule has 2 atom stereocenters. The Balaban J connectivity index is 2.04. The molecule has 1 fully saturated rings. The number of thioether (sulfide) groups is 1. The number of nitrogens with one attached hydrogen (secondary N) is 1. The van der Waals surface area contributed by atoms with Crippen molar-refractivity contribution in [3.8, 4) is 0 Å². The van der Waals surface area contributed by atoms with Crippen LogP contribution in [0.3, 0.4) is 0 Å².